The number of rotatable bonds is 5. The molecule has 2 saturated heterocycles. The van der Waals surface area contributed by atoms with Gasteiger partial charge in [0.05, 0.1) is 6.54 Å². The van der Waals surface area contributed by atoms with Gasteiger partial charge in [0.2, 0.25) is 5.91 Å². The quantitative estimate of drug-likeness (QED) is 0.821. The van der Waals surface area contributed by atoms with E-state index < -0.39 is 0 Å². The number of carbonyl (C=O) groups is 1. The maximum Gasteiger partial charge on any atom is 0.237 e. The number of anilines is 1. The molecule has 3 rings (SSSR count). The maximum absolute atomic E-state index is 12.6. The molecule has 2 fully saturated rings. The monoisotopic (exact) mass is 389 g/mol. The molecule has 1 atom stereocenters. The van der Waals surface area contributed by atoms with Gasteiger partial charge in [0.25, 0.3) is 0 Å². The summed E-state index contributed by atoms with van der Waals surface area (Å²) < 4.78 is 0. The number of amides is 1. The summed E-state index contributed by atoms with van der Waals surface area (Å²) in [6.07, 6.45) is 4.09. The average Bonchev–Trinajstić information content (AvgIpc) is 3.05. The molecule has 0 spiro atoms. The van der Waals surface area contributed by atoms with E-state index in [9.17, 15) is 4.79 Å². The molecule has 0 aromatic carbocycles. The van der Waals surface area contributed by atoms with Crippen molar-refractivity contribution in [2.45, 2.75) is 18.9 Å². The molecule has 0 bridgehead atoms. The number of hydrogen-bond donors (Lipinski definition) is 1. The Bertz CT molecular complexity index is 511. The number of halogens is 2. The second kappa shape index (κ2) is 10.8. The number of hydrogen-bond acceptors (Lipinski definition) is 5. The topological polar surface area (TPSA) is 51.7 Å². The zero-order valence-corrected chi connectivity index (χ0v) is 16.4. The number of piperazine rings is 1. The van der Waals surface area contributed by atoms with E-state index in [1.165, 1.54) is 0 Å². The van der Waals surface area contributed by atoms with Gasteiger partial charge in [-0.25, -0.2) is 4.98 Å². The van der Waals surface area contributed by atoms with Crippen molar-refractivity contribution in [2.24, 2.45) is 0 Å². The number of carbonyl (C=O) groups excluding carboxylic acids is 1. The summed E-state index contributed by atoms with van der Waals surface area (Å²) in [5.74, 6) is 1.32. The maximum atomic E-state index is 12.6. The highest BCUT2D eigenvalue weighted by atomic mass is 35.5. The van der Waals surface area contributed by atoms with Gasteiger partial charge in [0.15, 0.2) is 0 Å². The normalized spacial score (nSPS) is 20.8. The first-order valence-electron chi connectivity index (χ1n) is 8.60. The Hall–Kier alpha value is -1.08. The molecule has 1 aromatic rings. The van der Waals surface area contributed by atoms with Crippen LogP contribution < -0.4 is 10.2 Å². The molecule has 0 radical (unpaired) electrons. The van der Waals surface area contributed by atoms with E-state index in [0.717, 1.165) is 57.9 Å². The van der Waals surface area contributed by atoms with E-state index >= 15 is 0 Å². The fraction of sp³-hybridized carbons (Fsp3) is 0.647. The van der Waals surface area contributed by atoms with Crippen LogP contribution in [0.2, 0.25) is 0 Å². The predicted octanol–water partition coefficient (Wildman–Crippen LogP) is 1.26. The van der Waals surface area contributed by atoms with Crippen LogP contribution in [0.1, 0.15) is 12.8 Å². The Morgan fingerprint density at radius 2 is 1.96 bits per heavy atom. The summed E-state index contributed by atoms with van der Waals surface area (Å²) >= 11 is 0. The van der Waals surface area contributed by atoms with Crippen LogP contribution in [0.5, 0.6) is 0 Å². The highest BCUT2D eigenvalue weighted by molar-refractivity contribution is 5.85. The minimum Gasteiger partial charge on any atom is -0.354 e. The van der Waals surface area contributed by atoms with Crippen molar-refractivity contribution in [2.75, 3.05) is 57.8 Å². The van der Waals surface area contributed by atoms with E-state index in [1.807, 2.05) is 31.4 Å². The largest absolute Gasteiger partial charge is 0.354 e. The van der Waals surface area contributed by atoms with Gasteiger partial charge in [-0.1, -0.05) is 6.07 Å². The lowest BCUT2D eigenvalue weighted by Crippen LogP contribution is -2.51. The van der Waals surface area contributed by atoms with Crippen molar-refractivity contribution in [1.82, 2.24) is 20.1 Å². The van der Waals surface area contributed by atoms with Gasteiger partial charge in [-0.05, 0) is 32.0 Å². The van der Waals surface area contributed by atoms with Gasteiger partial charge in [-0.2, -0.15) is 0 Å². The summed E-state index contributed by atoms with van der Waals surface area (Å²) in [5.41, 5.74) is 0. The molecular formula is C17H29Cl2N5O. The average molecular weight is 390 g/mol. The van der Waals surface area contributed by atoms with E-state index in [4.69, 9.17) is 0 Å². The van der Waals surface area contributed by atoms with E-state index in [-0.39, 0.29) is 30.7 Å². The van der Waals surface area contributed by atoms with Crippen molar-refractivity contribution in [3.05, 3.63) is 24.4 Å². The van der Waals surface area contributed by atoms with E-state index in [1.54, 1.807) is 0 Å². The van der Waals surface area contributed by atoms with Crippen LogP contribution in [0.15, 0.2) is 24.4 Å². The molecule has 142 valence electrons. The summed E-state index contributed by atoms with van der Waals surface area (Å²) in [6, 6.07) is 6.39. The molecule has 0 saturated carbocycles. The lowest BCUT2D eigenvalue weighted by molar-refractivity contribution is -0.133. The minimum absolute atomic E-state index is 0. The summed E-state index contributed by atoms with van der Waals surface area (Å²) in [6.45, 7) is 6.09. The third-order valence-electron chi connectivity index (χ3n) is 4.84. The number of aromatic nitrogens is 1. The second-order valence-electron chi connectivity index (χ2n) is 6.39. The molecule has 1 aromatic heterocycles. The van der Waals surface area contributed by atoms with Crippen LogP contribution in [-0.2, 0) is 4.79 Å². The molecule has 2 aliphatic heterocycles. The first-order valence-corrected chi connectivity index (χ1v) is 8.60. The molecule has 0 aliphatic carbocycles. The van der Waals surface area contributed by atoms with E-state index in [2.05, 4.69) is 25.0 Å². The van der Waals surface area contributed by atoms with Crippen molar-refractivity contribution in [1.29, 1.82) is 0 Å². The van der Waals surface area contributed by atoms with Gasteiger partial charge < -0.3 is 15.1 Å². The van der Waals surface area contributed by atoms with Crippen molar-refractivity contribution in [3.8, 4) is 0 Å². The molecule has 3 heterocycles. The predicted molar refractivity (Wildman–Crippen MR) is 106 cm³/mol. The van der Waals surface area contributed by atoms with Gasteiger partial charge in [-0.15, -0.1) is 24.8 Å². The number of likely N-dealkylation sites (N-methyl/N-ethyl adjacent to an activating group) is 1. The zero-order valence-electron chi connectivity index (χ0n) is 14.8. The first kappa shape index (κ1) is 22.0. The highest BCUT2D eigenvalue weighted by Gasteiger charge is 2.29. The zero-order chi connectivity index (χ0) is 16.1. The molecule has 25 heavy (non-hydrogen) atoms. The van der Waals surface area contributed by atoms with Crippen LogP contribution in [-0.4, -0.2) is 79.6 Å². The first-order chi connectivity index (χ1) is 11.3. The Morgan fingerprint density at radius 3 is 2.60 bits per heavy atom. The van der Waals surface area contributed by atoms with Crippen molar-refractivity contribution in [3.63, 3.8) is 0 Å². The van der Waals surface area contributed by atoms with Gasteiger partial charge >= 0.3 is 0 Å². The fourth-order valence-corrected chi connectivity index (χ4v) is 3.57. The van der Waals surface area contributed by atoms with Crippen molar-refractivity contribution >= 4 is 36.5 Å². The summed E-state index contributed by atoms with van der Waals surface area (Å²) in [5, 5.41) is 3.20. The lowest BCUT2D eigenvalue weighted by Gasteiger charge is -2.36. The number of nitrogens with one attached hydrogen (secondary N) is 1. The molecule has 1 unspecified atom stereocenters. The number of likely N-dealkylation sites (tertiary alicyclic amines) is 1. The van der Waals surface area contributed by atoms with Crippen LogP contribution in [0.4, 0.5) is 5.82 Å². The second-order valence-corrected chi connectivity index (χ2v) is 6.39. The van der Waals surface area contributed by atoms with Gasteiger partial charge in [0, 0.05) is 51.5 Å². The molecule has 1 N–H and O–H groups in total. The molecular weight excluding hydrogens is 361 g/mol. The van der Waals surface area contributed by atoms with Gasteiger partial charge in [-0.3, -0.25) is 9.69 Å². The molecule has 8 heteroatoms. The SMILES string of the molecule is CNCC1CCCN1C(=O)CN1CCN(c2ccccn2)CC1.Cl.Cl. The third-order valence-corrected chi connectivity index (χ3v) is 4.84. The minimum atomic E-state index is 0. The highest BCUT2D eigenvalue weighted by Crippen LogP contribution is 2.18. The number of pyridine rings is 1. The summed E-state index contributed by atoms with van der Waals surface area (Å²) in [7, 11) is 1.96. The lowest BCUT2D eigenvalue weighted by atomic mass is 10.2. The van der Waals surface area contributed by atoms with Crippen LogP contribution in [0.25, 0.3) is 0 Å². The Labute approximate surface area is 162 Å². The number of nitrogens with zero attached hydrogens (tertiary/aromatic N) is 4. The van der Waals surface area contributed by atoms with Crippen molar-refractivity contribution < 1.29 is 4.79 Å². The standard InChI is InChI=1S/C17H27N5O.2ClH/c1-18-13-15-5-4-8-22(15)17(23)14-20-9-11-21(12-10-20)16-6-2-3-7-19-16;;/h2-3,6-7,15,18H,4-5,8-14H2,1H3;2*1H. The van der Waals surface area contributed by atoms with Crippen LogP contribution in [0, 0.1) is 0 Å². The fourth-order valence-electron chi connectivity index (χ4n) is 3.57. The molecule has 2 aliphatic rings. The smallest absolute Gasteiger partial charge is 0.237 e. The third kappa shape index (κ3) is 5.71. The van der Waals surface area contributed by atoms with E-state index in [0.29, 0.717) is 12.6 Å². The van der Waals surface area contributed by atoms with Crippen LogP contribution in [0.3, 0.4) is 0 Å². The Kier molecular flexibility index (Phi) is 9.50. The van der Waals surface area contributed by atoms with Crippen LogP contribution >= 0.6 is 24.8 Å². The summed E-state index contributed by atoms with van der Waals surface area (Å²) in [4.78, 5) is 23.6. The van der Waals surface area contributed by atoms with Gasteiger partial charge in [0.1, 0.15) is 5.82 Å². The molecule has 1 amide bonds. The Balaban J connectivity index is 0.00000156. The Morgan fingerprint density at radius 1 is 1.20 bits per heavy atom. The molecule has 6 nitrogen and oxygen atoms in total.